The minimum Gasteiger partial charge on any atom is -0.395 e. The quantitative estimate of drug-likeness (QED) is 0.878. The van der Waals surface area contributed by atoms with E-state index in [-0.39, 0.29) is 12.5 Å². The number of aryl methyl sites for hydroxylation is 1. The minimum absolute atomic E-state index is 0.0293. The summed E-state index contributed by atoms with van der Waals surface area (Å²) < 4.78 is 0. The number of likely N-dealkylation sites (N-methyl/N-ethyl adjacent to an activating group) is 1. The van der Waals surface area contributed by atoms with Crippen LogP contribution in [0.25, 0.3) is 11.3 Å². The highest BCUT2D eigenvalue weighted by atomic mass is 32.1. The lowest BCUT2D eigenvalue weighted by Gasteiger charge is -2.18. The number of amides is 1. The van der Waals surface area contributed by atoms with E-state index in [1.54, 1.807) is 28.5 Å². The smallest absolute Gasteiger partial charge is 0.270 e. The van der Waals surface area contributed by atoms with Crippen molar-refractivity contribution in [3.8, 4) is 11.3 Å². The van der Waals surface area contributed by atoms with Crippen molar-refractivity contribution in [3.63, 3.8) is 0 Å². The summed E-state index contributed by atoms with van der Waals surface area (Å²) in [5.41, 5.74) is 2.31. The molecule has 0 spiro atoms. The Bertz CT molecular complexity index is 562. The Morgan fingerprint density at radius 2 is 2.37 bits per heavy atom. The summed E-state index contributed by atoms with van der Waals surface area (Å²) in [5, 5.41) is 11.9. The third-order valence-corrected chi connectivity index (χ3v) is 3.64. The van der Waals surface area contributed by atoms with E-state index in [0.717, 1.165) is 16.3 Å². The third kappa shape index (κ3) is 3.02. The van der Waals surface area contributed by atoms with Gasteiger partial charge in [-0.15, -0.1) is 11.3 Å². The van der Waals surface area contributed by atoms with E-state index in [4.69, 9.17) is 5.11 Å². The first-order chi connectivity index (χ1) is 9.15. The van der Waals surface area contributed by atoms with Gasteiger partial charge in [0.05, 0.1) is 17.3 Å². The summed E-state index contributed by atoms with van der Waals surface area (Å²) in [6.07, 6.45) is 1.79. The molecule has 2 aromatic rings. The molecular formula is C13H17N3O2S. The van der Waals surface area contributed by atoms with Gasteiger partial charge < -0.3 is 15.0 Å². The van der Waals surface area contributed by atoms with Gasteiger partial charge >= 0.3 is 0 Å². The van der Waals surface area contributed by atoms with Gasteiger partial charge in [-0.05, 0) is 19.9 Å². The Hall–Kier alpha value is -1.66. The molecule has 0 fully saturated rings. The Kier molecular flexibility index (Phi) is 4.34. The lowest BCUT2D eigenvalue weighted by molar-refractivity contribution is 0.0727. The zero-order valence-electron chi connectivity index (χ0n) is 11.0. The van der Waals surface area contributed by atoms with Crippen molar-refractivity contribution < 1.29 is 9.90 Å². The van der Waals surface area contributed by atoms with Crippen LogP contribution in [0.3, 0.4) is 0 Å². The van der Waals surface area contributed by atoms with E-state index in [2.05, 4.69) is 9.97 Å². The van der Waals surface area contributed by atoms with Gasteiger partial charge in [-0.2, -0.15) is 0 Å². The zero-order chi connectivity index (χ0) is 13.8. The second kappa shape index (κ2) is 5.99. The summed E-state index contributed by atoms with van der Waals surface area (Å²) in [7, 11) is 0. The molecule has 0 aliphatic rings. The standard InChI is InChI=1S/C13H17N3O2S/c1-3-16(4-5-17)13(18)11-6-10(7-14-11)12-8-19-9(2)15-12/h6-8,14,17H,3-5H2,1-2H3. The monoisotopic (exact) mass is 279 g/mol. The molecule has 0 saturated heterocycles. The molecule has 0 aliphatic heterocycles. The van der Waals surface area contributed by atoms with Crippen LogP contribution in [0.15, 0.2) is 17.6 Å². The molecule has 0 unspecified atom stereocenters. The fraction of sp³-hybridized carbons (Fsp3) is 0.385. The van der Waals surface area contributed by atoms with Crippen LogP contribution in [0.1, 0.15) is 22.4 Å². The Morgan fingerprint density at radius 1 is 1.58 bits per heavy atom. The van der Waals surface area contributed by atoms with Gasteiger partial charge in [0.2, 0.25) is 0 Å². The third-order valence-electron chi connectivity index (χ3n) is 2.87. The Morgan fingerprint density at radius 3 is 2.95 bits per heavy atom. The maximum Gasteiger partial charge on any atom is 0.270 e. The van der Waals surface area contributed by atoms with Crippen LogP contribution in [0.5, 0.6) is 0 Å². The molecular weight excluding hydrogens is 262 g/mol. The fourth-order valence-electron chi connectivity index (χ4n) is 1.86. The van der Waals surface area contributed by atoms with Crippen LogP contribution in [0, 0.1) is 6.92 Å². The molecule has 0 bridgehead atoms. The molecule has 2 rings (SSSR count). The first kappa shape index (κ1) is 13.8. The van der Waals surface area contributed by atoms with Crippen molar-refractivity contribution in [2.45, 2.75) is 13.8 Å². The molecule has 19 heavy (non-hydrogen) atoms. The number of carbonyl (C=O) groups is 1. The molecule has 2 aromatic heterocycles. The number of hydrogen-bond donors (Lipinski definition) is 2. The first-order valence-corrected chi connectivity index (χ1v) is 7.04. The zero-order valence-corrected chi connectivity index (χ0v) is 11.8. The molecule has 102 valence electrons. The maximum absolute atomic E-state index is 12.2. The first-order valence-electron chi connectivity index (χ1n) is 6.16. The van der Waals surface area contributed by atoms with Crippen LogP contribution in [-0.4, -0.2) is 45.6 Å². The van der Waals surface area contributed by atoms with E-state index in [1.807, 2.05) is 19.2 Å². The molecule has 2 N–H and O–H groups in total. The summed E-state index contributed by atoms with van der Waals surface area (Å²) in [4.78, 5) is 21.1. The van der Waals surface area contributed by atoms with Gasteiger partial charge in [-0.25, -0.2) is 4.98 Å². The van der Waals surface area contributed by atoms with Crippen molar-refractivity contribution >= 4 is 17.2 Å². The minimum atomic E-state index is -0.102. The maximum atomic E-state index is 12.2. The lowest BCUT2D eigenvalue weighted by atomic mass is 10.2. The number of hydrogen-bond acceptors (Lipinski definition) is 4. The second-order valence-electron chi connectivity index (χ2n) is 4.16. The van der Waals surface area contributed by atoms with Gasteiger partial charge in [0, 0.05) is 30.2 Å². The van der Waals surface area contributed by atoms with E-state index >= 15 is 0 Å². The number of aliphatic hydroxyl groups is 1. The lowest BCUT2D eigenvalue weighted by Crippen LogP contribution is -2.33. The van der Waals surface area contributed by atoms with Crippen molar-refractivity contribution in [1.82, 2.24) is 14.9 Å². The van der Waals surface area contributed by atoms with Crippen molar-refractivity contribution in [2.24, 2.45) is 0 Å². The van der Waals surface area contributed by atoms with E-state index in [1.165, 1.54) is 0 Å². The molecule has 0 saturated carbocycles. The number of aromatic nitrogens is 2. The van der Waals surface area contributed by atoms with E-state index in [9.17, 15) is 4.79 Å². The number of nitrogens with zero attached hydrogens (tertiary/aromatic N) is 2. The predicted molar refractivity (Wildman–Crippen MR) is 75.3 cm³/mol. The van der Waals surface area contributed by atoms with Gasteiger partial charge in [-0.1, -0.05) is 0 Å². The number of aromatic amines is 1. The number of aliphatic hydroxyl groups excluding tert-OH is 1. The number of H-pyrrole nitrogens is 1. The van der Waals surface area contributed by atoms with Crippen LogP contribution < -0.4 is 0 Å². The van der Waals surface area contributed by atoms with Crippen LogP contribution in [0.4, 0.5) is 0 Å². The van der Waals surface area contributed by atoms with Gasteiger partial charge in [0.15, 0.2) is 0 Å². The van der Waals surface area contributed by atoms with Crippen LogP contribution in [0.2, 0.25) is 0 Å². The average molecular weight is 279 g/mol. The van der Waals surface area contributed by atoms with Crippen molar-refractivity contribution in [3.05, 3.63) is 28.3 Å². The van der Waals surface area contributed by atoms with Crippen molar-refractivity contribution in [2.75, 3.05) is 19.7 Å². The molecule has 2 heterocycles. The summed E-state index contributed by atoms with van der Waals surface area (Å²) >= 11 is 1.58. The normalized spacial score (nSPS) is 10.7. The summed E-state index contributed by atoms with van der Waals surface area (Å²) in [5.74, 6) is -0.102. The summed E-state index contributed by atoms with van der Waals surface area (Å²) in [6.45, 7) is 4.73. The Labute approximate surface area is 115 Å². The molecule has 0 aromatic carbocycles. The molecule has 0 radical (unpaired) electrons. The van der Waals surface area contributed by atoms with Crippen LogP contribution >= 0.6 is 11.3 Å². The van der Waals surface area contributed by atoms with Gasteiger partial charge in [0.25, 0.3) is 5.91 Å². The molecule has 0 atom stereocenters. The number of thiazole rings is 1. The molecule has 6 heteroatoms. The van der Waals surface area contributed by atoms with Crippen molar-refractivity contribution in [1.29, 1.82) is 0 Å². The average Bonchev–Trinajstić information content (AvgIpc) is 3.03. The van der Waals surface area contributed by atoms with Gasteiger partial charge in [-0.3, -0.25) is 4.79 Å². The highest BCUT2D eigenvalue weighted by Gasteiger charge is 2.16. The predicted octanol–water partition coefficient (Wildman–Crippen LogP) is 1.90. The summed E-state index contributed by atoms with van der Waals surface area (Å²) in [6, 6.07) is 1.80. The number of nitrogens with one attached hydrogen (secondary N) is 1. The Balaban J connectivity index is 2.18. The van der Waals surface area contributed by atoms with E-state index in [0.29, 0.717) is 18.8 Å². The number of rotatable bonds is 5. The topological polar surface area (TPSA) is 69.2 Å². The SMILES string of the molecule is CCN(CCO)C(=O)c1cc(-c2csc(C)n2)c[nH]1. The second-order valence-corrected chi connectivity index (χ2v) is 5.22. The number of carbonyl (C=O) groups excluding carboxylic acids is 1. The van der Waals surface area contributed by atoms with Crippen LogP contribution in [-0.2, 0) is 0 Å². The fourth-order valence-corrected chi connectivity index (χ4v) is 2.48. The highest BCUT2D eigenvalue weighted by molar-refractivity contribution is 7.09. The molecule has 0 aliphatic carbocycles. The van der Waals surface area contributed by atoms with E-state index < -0.39 is 0 Å². The highest BCUT2D eigenvalue weighted by Crippen LogP contribution is 2.22. The van der Waals surface area contributed by atoms with Gasteiger partial charge in [0.1, 0.15) is 5.69 Å². The molecule has 5 nitrogen and oxygen atoms in total. The molecule has 1 amide bonds. The largest absolute Gasteiger partial charge is 0.395 e.